The summed E-state index contributed by atoms with van der Waals surface area (Å²) < 4.78 is 17.2. The number of likely N-dealkylation sites (tertiary alicyclic amines) is 1. The molecule has 4 aliphatic rings. The van der Waals surface area contributed by atoms with Crippen molar-refractivity contribution >= 4 is 69.1 Å². The van der Waals surface area contributed by atoms with E-state index in [1.54, 1.807) is 6.07 Å². The molecule has 5 N–H and O–H groups in total. The number of nitrogens with two attached hydrogens (primary N) is 1. The highest BCUT2D eigenvalue weighted by molar-refractivity contribution is 6.34. The third-order valence-corrected chi connectivity index (χ3v) is 12.0. The topological polar surface area (TPSA) is 184 Å². The number of aromatic nitrogens is 4. The summed E-state index contributed by atoms with van der Waals surface area (Å²) in [4.78, 5) is 64.5. The number of nitrogen functional groups attached to an aromatic ring is 1. The van der Waals surface area contributed by atoms with E-state index in [9.17, 15) is 19.2 Å². The second-order valence-corrected chi connectivity index (χ2v) is 16.0. The van der Waals surface area contributed by atoms with Gasteiger partial charge in [0, 0.05) is 69.5 Å². The van der Waals surface area contributed by atoms with Crippen molar-refractivity contribution in [3.05, 3.63) is 64.8 Å². The number of nitrogens with one attached hydrogen (secondary N) is 3. The predicted octanol–water partition coefficient (Wildman–Crippen LogP) is 4.53. The summed E-state index contributed by atoms with van der Waals surface area (Å²) in [6.07, 6.45) is 11.0. The lowest BCUT2D eigenvalue weighted by Gasteiger charge is -2.38. The van der Waals surface area contributed by atoms with Crippen LogP contribution in [0, 0.1) is 11.7 Å². The van der Waals surface area contributed by atoms with Crippen molar-refractivity contribution in [2.75, 3.05) is 66.7 Å². The number of hydrogen-bond donors (Lipinski definition) is 4. The lowest BCUT2D eigenvalue weighted by Crippen LogP contribution is -2.52. The van der Waals surface area contributed by atoms with E-state index in [1.807, 2.05) is 6.07 Å². The molecule has 8 rings (SSSR count). The third-order valence-electron chi connectivity index (χ3n) is 11.7. The molecular weight excluding hydrogens is 753 g/mol. The average molecular weight is 800 g/mol. The molecule has 0 bridgehead atoms. The number of hydrogen-bond acceptors (Lipinski definition) is 11. The first-order valence-electron chi connectivity index (χ1n) is 19.9. The van der Waals surface area contributed by atoms with Gasteiger partial charge in [0.1, 0.15) is 11.9 Å². The van der Waals surface area contributed by atoms with Gasteiger partial charge in [0.2, 0.25) is 17.8 Å². The largest absolute Gasteiger partial charge is 0.371 e. The molecule has 4 aromatic rings. The van der Waals surface area contributed by atoms with Gasteiger partial charge in [0.25, 0.3) is 11.8 Å². The van der Waals surface area contributed by atoms with Gasteiger partial charge in [-0.1, -0.05) is 11.6 Å². The Morgan fingerprint density at radius 3 is 2.44 bits per heavy atom. The molecule has 0 spiro atoms. The normalized spacial score (nSPS) is 20.1. The maximum absolute atomic E-state index is 15.1. The number of amides is 4. The number of imide groups is 1. The van der Waals surface area contributed by atoms with E-state index in [0.717, 1.165) is 107 Å². The highest BCUT2D eigenvalue weighted by atomic mass is 35.5. The summed E-state index contributed by atoms with van der Waals surface area (Å²) in [5, 5.41) is 13.9. The van der Waals surface area contributed by atoms with Crippen LogP contribution in [0.15, 0.2) is 42.7 Å². The van der Waals surface area contributed by atoms with E-state index in [2.05, 4.69) is 57.6 Å². The number of benzene rings is 2. The van der Waals surface area contributed by atoms with E-state index in [4.69, 9.17) is 22.4 Å². The maximum atomic E-state index is 15.1. The molecule has 17 heteroatoms. The van der Waals surface area contributed by atoms with Crippen LogP contribution in [0.25, 0.3) is 10.9 Å². The van der Waals surface area contributed by atoms with Crippen molar-refractivity contribution in [3.8, 4) is 0 Å². The zero-order valence-corrected chi connectivity index (χ0v) is 32.4. The predicted molar refractivity (Wildman–Crippen MR) is 215 cm³/mol. The average Bonchev–Trinajstić information content (AvgIpc) is 3.63. The number of halogens is 2. The summed E-state index contributed by atoms with van der Waals surface area (Å²) >= 11 is 6.26. The molecule has 300 valence electrons. The summed E-state index contributed by atoms with van der Waals surface area (Å²) in [6, 6.07) is 8.07. The summed E-state index contributed by atoms with van der Waals surface area (Å²) in [6.45, 7) is 6.34. The fourth-order valence-corrected chi connectivity index (χ4v) is 8.72. The first kappa shape index (κ1) is 38.5. The van der Waals surface area contributed by atoms with Crippen molar-refractivity contribution in [1.82, 2.24) is 35.3 Å². The van der Waals surface area contributed by atoms with Crippen molar-refractivity contribution in [2.45, 2.75) is 69.9 Å². The quantitative estimate of drug-likeness (QED) is 0.175. The van der Waals surface area contributed by atoms with E-state index in [1.165, 1.54) is 24.8 Å². The zero-order chi connectivity index (χ0) is 39.6. The van der Waals surface area contributed by atoms with Gasteiger partial charge in [-0.25, -0.2) is 14.4 Å². The van der Waals surface area contributed by atoms with E-state index < -0.39 is 29.6 Å². The zero-order valence-electron chi connectivity index (χ0n) is 31.7. The number of carbonyl (C=O) groups excluding carboxylic acids is 4. The van der Waals surface area contributed by atoms with Gasteiger partial charge in [-0.15, -0.1) is 0 Å². The third kappa shape index (κ3) is 8.66. The summed E-state index contributed by atoms with van der Waals surface area (Å²) in [7, 11) is 0. The maximum Gasteiger partial charge on any atom is 0.276 e. The Morgan fingerprint density at radius 1 is 0.930 bits per heavy atom. The second kappa shape index (κ2) is 16.6. The van der Waals surface area contributed by atoms with Crippen LogP contribution in [0.5, 0.6) is 0 Å². The minimum absolute atomic E-state index is 0.0222. The van der Waals surface area contributed by atoms with Crippen molar-refractivity contribution in [2.24, 2.45) is 5.92 Å². The van der Waals surface area contributed by atoms with Crippen LogP contribution in [0.2, 0.25) is 5.02 Å². The molecule has 4 saturated heterocycles. The van der Waals surface area contributed by atoms with Crippen molar-refractivity contribution in [3.63, 3.8) is 0 Å². The van der Waals surface area contributed by atoms with Crippen LogP contribution in [-0.4, -0.2) is 100 Å². The molecule has 2 aromatic heterocycles. The highest BCUT2D eigenvalue weighted by Crippen LogP contribution is 2.35. The Labute approximate surface area is 334 Å². The fraction of sp³-hybridized carbons (Fsp3) is 0.475. The van der Waals surface area contributed by atoms with Gasteiger partial charge in [-0.2, -0.15) is 5.10 Å². The Kier molecular flexibility index (Phi) is 11.2. The molecule has 1 atom stereocenters. The van der Waals surface area contributed by atoms with E-state index in [0.29, 0.717) is 11.6 Å². The second-order valence-electron chi connectivity index (χ2n) is 15.6. The smallest absolute Gasteiger partial charge is 0.276 e. The number of anilines is 4. The van der Waals surface area contributed by atoms with Crippen molar-refractivity contribution in [1.29, 1.82) is 0 Å². The van der Waals surface area contributed by atoms with Crippen LogP contribution in [0.4, 0.5) is 27.4 Å². The van der Waals surface area contributed by atoms with Crippen LogP contribution in [-0.2, 0) is 9.59 Å². The van der Waals surface area contributed by atoms with Crippen molar-refractivity contribution < 1.29 is 23.6 Å². The molecule has 2 aromatic carbocycles. The Morgan fingerprint density at radius 2 is 1.70 bits per heavy atom. The van der Waals surface area contributed by atoms with Crippen LogP contribution >= 0.6 is 11.6 Å². The monoisotopic (exact) mass is 799 g/mol. The molecule has 57 heavy (non-hydrogen) atoms. The number of nitrogens with zero attached hydrogens (tertiary/aromatic N) is 7. The molecule has 15 nitrogen and oxygen atoms in total. The standard InChI is InChI=1S/C40H47ClFN11O4/c41-29-21-44-40(43)48-36(29)39(57)46-33-18-25-23-53(49-32(25)20-34(33)52-12-2-1-3-13-52)26-10-14-50(15-11-26)22-24-8-16-51(17-9-24)27-4-5-28(30(42)19-27)37(55)45-31-6-7-35(54)47-38(31)56/h4-5,18-21,23-24,26,31H,1-3,6-17,22H2,(H,45,55)(H,46,57)(H2,43,44,48)(H,47,54,56)/t31-/m0/s1. The molecule has 0 saturated carbocycles. The van der Waals surface area contributed by atoms with Crippen LogP contribution in [0.1, 0.15) is 84.7 Å². The van der Waals surface area contributed by atoms with Gasteiger partial charge in [0.15, 0.2) is 5.69 Å². The van der Waals surface area contributed by atoms with Gasteiger partial charge in [-0.05, 0) is 87.6 Å². The van der Waals surface area contributed by atoms with E-state index in [-0.39, 0.29) is 47.0 Å². The van der Waals surface area contributed by atoms with E-state index >= 15 is 4.39 Å². The number of piperidine rings is 4. The first-order valence-corrected chi connectivity index (χ1v) is 20.2. The van der Waals surface area contributed by atoms with Gasteiger partial charge in [-0.3, -0.25) is 29.2 Å². The lowest BCUT2D eigenvalue weighted by molar-refractivity contribution is -0.134. The minimum Gasteiger partial charge on any atom is -0.371 e. The molecule has 4 amide bonds. The van der Waals surface area contributed by atoms with Gasteiger partial charge < -0.3 is 31.1 Å². The molecule has 4 fully saturated rings. The van der Waals surface area contributed by atoms with Crippen LogP contribution in [0.3, 0.4) is 0 Å². The SMILES string of the molecule is Nc1ncc(Cl)c(C(=O)Nc2cc3cn(C4CCN(CC5CCN(c6ccc(C(=O)N[C@H]7CCC(=O)NC7=O)c(F)c6)CC5)CC4)nc3cc2N2CCCCC2)n1. The number of carbonyl (C=O) groups is 4. The molecule has 0 unspecified atom stereocenters. The Bertz CT molecular complexity index is 2180. The number of fused-ring (bicyclic) bond motifs is 1. The molecule has 6 heterocycles. The van der Waals surface area contributed by atoms with Crippen LogP contribution < -0.4 is 31.5 Å². The Balaban J connectivity index is 0.852. The molecular formula is C40H47ClFN11O4. The summed E-state index contributed by atoms with van der Waals surface area (Å²) in [5.74, 6) is -2.21. The summed E-state index contributed by atoms with van der Waals surface area (Å²) in [5.41, 5.74) is 8.88. The molecule has 0 radical (unpaired) electrons. The minimum atomic E-state index is -0.863. The Hall–Kier alpha value is -5.35. The molecule has 4 aliphatic heterocycles. The molecule has 0 aliphatic carbocycles. The van der Waals surface area contributed by atoms with Gasteiger partial charge >= 0.3 is 0 Å². The first-order chi connectivity index (χ1) is 27.6. The van der Waals surface area contributed by atoms with Gasteiger partial charge in [0.05, 0.1) is 39.7 Å². The highest BCUT2D eigenvalue weighted by Gasteiger charge is 2.30. The lowest BCUT2D eigenvalue weighted by atomic mass is 9.94. The number of rotatable bonds is 9. The fourth-order valence-electron chi connectivity index (χ4n) is 8.54.